The lowest BCUT2D eigenvalue weighted by Gasteiger charge is -2.46. The summed E-state index contributed by atoms with van der Waals surface area (Å²) in [6.07, 6.45) is 9.90. The quantitative estimate of drug-likeness (QED) is 0.734. The van der Waals surface area contributed by atoms with Crippen LogP contribution in [0.5, 0.6) is 0 Å². The Hall–Kier alpha value is -1.06. The average Bonchev–Trinajstić information content (AvgIpc) is 3.25. The summed E-state index contributed by atoms with van der Waals surface area (Å²) in [7, 11) is 0. The molecule has 3 aliphatic carbocycles. The number of fused-ring (bicyclic) bond motifs is 4. The molecule has 0 N–H and O–H groups in total. The van der Waals surface area contributed by atoms with Crippen molar-refractivity contribution in [3.05, 3.63) is 0 Å². The van der Waals surface area contributed by atoms with Gasteiger partial charge in [-0.2, -0.15) is 0 Å². The van der Waals surface area contributed by atoms with Gasteiger partial charge in [-0.3, -0.25) is 9.59 Å². The van der Waals surface area contributed by atoms with Gasteiger partial charge in [0.2, 0.25) is 11.8 Å². The second-order valence-electron chi connectivity index (χ2n) is 8.52. The van der Waals surface area contributed by atoms with Crippen LogP contribution < -0.4 is 0 Å². The molecule has 0 aromatic heterocycles. The van der Waals surface area contributed by atoms with Gasteiger partial charge in [-0.1, -0.05) is 6.42 Å². The van der Waals surface area contributed by atoms with Gasteiger partial charge in [0.1, 0.15) is 5.41 Å². The fraction of sp³-hybridized carbons (Fsp3) is 0.889. The van der Waals surface area contributed by atoms with E-state index in [2.05, 4.69) is 9.80 Å². The standard InChI is InChI=1S/C18H26N2O2/c21-16(19-10-12-2-4-14(19)8-12)18(6-1-7-18)17(22)20-11-13-3-5-15(20)9-13/h12-15H,1-11H2/t12-,13-,14-,15-/m0/s1. The molecule has 0 radical (unpaired) electrons. The van der Waals surface area contributed by atoms with Crippen molar-refractivity contribution in [1.82, 2.24) is 9.80 Å². The first-order chi connectivity index (χ1) is 10.7. The Balaban J connectivity index is 1.38. The number of nitrogens with zero attached hydrogens (tertiary/aromatic N) is 2. The van der Waals surface area contributed by atoms with Crippen LogP contribution in [0, 0.1) is 17.3 Å². The topological polar surface area (TPSA) is 40.6 Å². The second-order valence-corrected chi connectivity index (χ2v) is 8.52. The molecule has 4 heteroatoms. The summed E-state index contributed by atoms with van der Waals surface area (Å²) in [4.78, 5) is 30.6. The monoisotopic (exact) mass is 302 g/mol. The molecule has 2 aliphatic heterocycles. The summed E-state index contributed by atoms with van der Waals surface area (Å²) in [5.41, 5.74) is -0.658. The van der Waals surface area contributed by atoms with Crippen LogP contribution >= 0.6 is 0 Å². The van der Waals surface area contributed by atoms with Crippen molar-refractivity contribution in [3.63, 3.8) is 0 Å². The zero-order chi connectivity index (χ0) is 14.9. The summed E-state index contributed by atoms with van der Waals surface area (Å²) >= 11 is 0. The highest BCUT2D eigenvalue weighted by molar-refractivity contribution is 6.06. The molecule has 5 fully saturated rings. The van der Waals surface area contributed by atoms with Crippen molar-refractivity contribution < 1.29 is 9.59 Å². The Kier molecular flexibility index (Phi) is 2.73. The number of likely N-dealkylation sites (tertiary alicyclic amines) is 2. The highest BCUT2D eigenvalue weighted by Gasteiger charge is 2.58. The van der Waals surface area contributed by atoms with Gasteiger partial charge in [0.25, 0.3) is 0 Å². The van der Waals surface area contributed by atoms with E-state index < -0.39 is 5.41 Å². The molecule has 3 saturated carbocycles. The van der Waals surface area contributed by atoms with Crippen LogP contribution in [-0.2, 0) is 9.59 Å². The lowest BCUT2D eigenvalue weighted by atomic mass is 9.66. The van der Waals surface area contributed by atoms with Crippen molar-refractivity contribution in [2.24, 2.45) is 17.3 Å². The molecule has 120 valence electrons. The van der Waals surface area contributed by atoms with Gasteiger partial charge >= 0.3 is 0 Å². The molecule has 22 heavy (non-hydrogen) atoms. The van der Waals surface area contributed by atoms with Crippen LogP contribution in [0.2, 0.25) is 0 Å². The predicted octanol–water partition coefficient (Wildman–Crippen LogP) is 2.18. The fourth-order valence-electron chi connectivity index (χ4n) is 5.95. The molecular formula is C18H26N2O2. The van der Waals surface area contributed by atoms with E-state index in [1.54, 1.807) is 0 Å². The Morgan fingerprint density at radius 1 is 0.773 bits per heavy atom. The highest BCUT2D eigenvalue weighted by atomic mass is 16.2. The van der Waals surface area contributed by atoms with Gasteiger partial charge in [0.05, 0.1) is 0 Å². The van der Waals surface area contributed by atoms with Crippen molar-refractivity contribution in [2.45, 2.75) is 69.9 Å². The predicted molar refractivity (Wildman–Crippen MR) is 82.0 cm³/mol. The lowest BCUT2D eigenvalue weighted by Crippen LogP contribution is -2.59. The first-order valence-corrected chi connectivity index (χ1v) is 9.29. The summed E-state index contributed by atoms with van der Waals surface area (Å²) in [6, 6.07) is 0.885. The van der Waals surface area contributed by atoms with Crippen LogP contribution in [0.1, 0.15) is 57.8 Å². The van der Waals surface area contributed by atoms with Gasteiger partial charge in [-0.25, -0.2) is 0 Å². The van der Waals surface area contributed by atoms with Gasteiger partial charge in [0.15, 0.2) is 0 Å². The van der Waals surface area contributed by atoms with E-state index in [0.717, 1.165) is 45.2 Å². The number of piperidine rings is 2. The van der Waals surface area contributed by atoms with Gasteiger partial charge in [-0.05, 0) is 63.2 Å². The minimum Gasteiger partial charge on any atom is -0.338 e. The van der Waals surface area contributed by atoms with Crippen LogP contribution in [0.25, 0.3) is 0 Å². The molecule has 2 saturated heterocycles. The molecule has 0 unspecified atom stereocenters. The number of carbonyl (C=O) groups excluding carboxylic acids is 2. The number of amides is 2. The maximum Gasteiger partial charge on any atom is 0.238 e. The van der Waals surface area contributed by atoms with Crippen LogP contribution in [-0.4, -0.2) is 46.8 Å². The SMILES string of the molecule is O=C(N1C[C@H]2CC[C@H]1C2)C1(C(=O)N2C[C@H]3CC[C@H]2C3)CCC1. The zero-order valence-corrected chi connectivity index (χ0v) is 13.3. The molecule has 4 nitrogen and oxygen atoms in total. The Labute approximate surface area is 132 Å². The molecule has 5 aliphatic rings. The molecular weight excluding hydrogens is 276 g/mol. The molecule has 2 amide bonds. The summed E-state index contributed by atoms with van der Waals surface area (Å²) in [5.74, 6) is 1.81. The van der Waals surface area contributed by atoms with Crippen molar-refractivity contribution >= 4 is 11.8 Å². The molecule has 0 spiro atoms. The number of carbonyl (C=O) groups is 2. The van der Waals surface area contributed by atoms with E-state index in [9.17, 15) is 9.59 Å². The number of hydrogen-bond donors (Lipinski definition) is 0. The number of hydrogen-bond acceptors (Lipinski definition) is 2. The van der Waals surface area contributed by atoms with Crippen LogP contribution in [0.15, 0.2) is 0 Å². The molecule has 5 rings (SSSR count). The van der Waals surface area contributed by atoms with Gasteiger partial charge in [0, 0.05) is 25.2 Å². The smallest absolute Gasteiger partial charge is 0.238 e. The molecule has 2 heterocycles. The highest BCUT2D eigenvalue weighted by Crippen LogP contribution is 2.50. The zero-order valence-electron chi connectivity index (χ0n) is 13.3. The molecule has 0 aromatic rings. The molecule has 4 atom stereocenters. The lowest BCUT2D eigenvalue weighted by molar-refractivity contribution is -0.165. The maximum absolute atomic E-state index is 13.2. The third kappa shape index (κ3) is 1.64. The third-order valence-corrected chi connectivity index (χ3v) is 7.37. The normalized spacial score (nSPS) is 41.1. The molecule has 4 bridgehead atoms. The fourth-order valence-corrected chi connectivity index (χ4v) is 5.95. The van der Waals surface area contributed by atoms with E-state index in [1.165, 1.54) is 25.7 Å². The second kappa shape index (κ2) is 4.48. The van der Waals surface area contributed by atoms with E-state index in [-0.39, 0.29) is 11.8 Å². The largest absolute Gasteiger partial charge is 0.338 e. The minimum absolute atomic E-state index is 0.193. The van der Waals surface area contributed by atoms with Gasteiger partial charge < -0.3 is 9.80 Å². The average molecular weight is 302 g/mol. The van der Waals surface area contributed by atoms with E-state index in [4.69, 9.17) is 0 Å². The third-order valence-electron chi connectivity index (χ3n) is 7.37. The van der Waals surface area contributed by atoms with E-state index in [0.29, 0.717) is 23.9 Å². The van der Waals surface area contributed by atoms with Crippen LogP contribution in [0.3, 0.4) is 0 Å². The van der Waals surface area contributed by atoms with Gasteiger partial charge in [-0.15, -0.1) is 0 Å². The minimum atomic E-state index is -0.658. The Bertz CT molecular complexity index is 485. The van der Waals surface area contributed by atoms with Crippen molar-refractivity contribution in [1.29, 1.82) is 0 Å². The summed E-state index contributed by atoms with van der Waals surface area (Å²) in [5, 5.41) is 0. The number of rotatable bonds is 2. The molecule has 0 aromatic carbocycles. The van der Waals surface area contributed by atoms with E-state index in [1.807, 2.05) is 0 Å². The summed E-state index contributed by atoms with van der Waals surface area (Å²) in [6.45, 7) is 1.84. The first kappa shape index (κ1) is 13.4. The van der Waals surface area contributed by atoms with Crippen molar-refractivity contribution in [3.8, 4) is 0 Å². The van der Waals surface area contributed by atoms with E-state index >= 15 is 0 Å². The summed E-state index contributed by atoms with van der Waals surface area (Å²) < 4.78 is 0. The van der Waals surface area contributed by atoms with Crippen LogP contribution in [0.4, 0.5) is 0 Å². The Morgan fingerprint density at radius 3 is 1.55 bits per heavy atom. The Morgan fingerprint density at radius 2 is 1.27 bits per heavy atom. The first-order valence-electron chi connectivity index (χ1n) is 9.29. The van der Waals surface area contributed by atoms with Crippen molar-refractivity contribution in [2.75, 3.05) is 13.1 Å². The maximum atomic E-state index is 13.2.